The van der Waals surface area contributed by atoms with E-state index in [1.54, 1.807) is 25.2 Å². The second-order valence-corrected chi connectivity index (χ2v) is 5.92. The van der Waals surface area contributed by atoms with Gasteiger partial charge in [0.2, 0.25) is 5.91 Å². The van der Waals surface area contributed by atoms with Gasteiger partial charge in [-0.15, -0.1) is 0 Å². The highest BCUT2D eigenvalue weighted by atomic mass is 16.2. The van der Waals surface area contributed by atoms with Gasteiger partial charge < -0.3 is 21.7 Å². The summed E-state index contributed by atoms with van der Waals surface area (Å²) in [7, 11) is 1.59. The van der Waals surface area contributed by atoms with Crippen molar-refractivity contribution in [3.8, 4) is 0 Å². The van der Waals surface area contributed by atoms with Crippen LogP contribution in [0.1, 0.15) is 27.9 Å². The molecule has 2 aromatic rings. The van der Waals surface area contributed by atoms with Gasteiger partial charge in [0, 0.05) is 32.1 Å². The molecule has 0 saturated heterocycles. The number of benzene rings is 2. The molecule has 0 saturated carbocycles. The first-order valence-corrected chi connectivity index (χ1v) is 8.74. The molecule has 0 aliphatic rings. The van der Waals surface area contributed by atoms with Crippen molar-refractivity contribution < 1.29 is 9.59 Å². The Morgan fingerprint density at radius 2 is 1.74 bits per heavy atom. The Labute approximate surface area is 159 Å². The van der Waals surface area contributed by atoms with Crippen molar-refractivity contribution in [3.63, 3.8) is 0 Å². The third kappa shape index (κ3) is 7.19. The van der Waals surface area contributed by atoms with Crippen LogP contribution < -0.4 is 21.7 Å². The van der Waals surface area contributed by atoms with Gasteiger partial charge in [-0.05, 0) is 23.3 Å². The van der Waals surface area contributed by atoms with Crippen molar-refractivity contribution in [1.82, 2.24) is 16.0 Å². The fraction of sp³-hybridized carbons (Fsp3) is 0.250. The van der Waals surface area contributed by atoms with E-state index in [0.717, 1.165) is 11.1 Å². The largest absolute Gasteiger partial charge is 0.370 e. The lowest BCUT2D eigenvalue weighted by molar-refractivity contribution is -0.121. The number of carbonyl (C=O) groups is 2. The summed E-state index contributed by atoms with van der Waals surface area (Å²) in [5.41, 5.74) is 8.33. The van der Waals surface area contributed by atoms with E-state index in [2.05, 4.69) is 20.9 Å². The van der Waals surface area contributed by atoms with E-state index < -0.39 is 0 Å². The lowest BCUT2D eigenvalue weighted by Crippen LogP contribution is -2.35. The number of amides is 2. The van der Waals surface area contributed by atoms with Crippen LogP contribution in [-0.4, -0.2) is 31.4 Å². The maximum absolute atomic E-state index is 11.8. The zero-order chi connectivity index (χ0) is 19.5. The molecule has 2 aromatic carbocycles. The standard InChI is InChI=1S/C20H25N5O2/c1-22-19(27)17-9-5-8-16(12-17)14-25-20(21)23-11-10-18(26)24-13-15-6-3-2-4-7-15/h2-9,12H,10-11,13-14H2,1H3,(H,22,27)(H,24,26)(H3,21,23,25). The second kappa shape index (κ2) is 10.6. The number of rotatable bonds is 8. The molecule has 0 aromatic heterocycles. The van der Waals surface area contributed by atoms with Gasteiger partial charge in [0.05, 0.1) is 6.54 Å². The average molecular weight is 367 g/mol. The summed E-state index contributed by atoms with van der Waals surface area (Å²) in [4.78, 5) is 27.7. The predicted octanol–water partition coefficient (Wildman–Crippen LogP) is 1.16. The van der Waals surface area contributed by atoms with Crippen LogP contribution in [0.25, 0.3) is 0 Å². The highest BCUT2D eigenvalue weighted by Crippen LogP contribution is 2.06. The summed E-state index contributed by atoms with van der Waals surface area (Å²) in [6.07, 6.45) is 0.301. The molecule has 2 rings (SSSR count). The van der Waals surface area contributed by atoms with Gasteiger partial charge in [-0.25, -0.2) is 4.99 Å². The molecule has 0 unspecified atom stereocenters. The van der Waals surface area contributed by atoms with Gasteiger partial charge in [-0.1, -0.05) is 42.5 Å². The molecule has 0 atom stereocenters. The van der Waals surface area contributed by atoms with Crippen LogP contribution in [0.4, 0.5) is 0 Å². The molecule has 0 radical (unpaired) electrons. The third-order valence-electron chi connectivity index (χ3n) is 3.84. The van der Waals surface area contributed by atoms with Crippen molar-refractivity contribution >= 4 is 17.8 Å². The molecule has 27 heavy (non-hydrogen) atoms. The van der Waals surface area contributed by atoms with E-state index in [4.69, 9.17) is 5.73 Å². The summed E-state index contributed by atoms with van der Waals surface area (Å²) < 4.78 is 0. The van der Waals surface area contributed by atoms with E-state index >= 15 is 0 Å². The summed E-state index contributed by atoms with van der Waals surface area (Å²) in [5.74, 6) is 0.0575. The van der Waals surface area contributed by atoms with E-state index in [-0.39, 0.29) is 17.8 Å². The van der Waals surface area contributed by atoms with Crippen LogP contribution >= 0.6 is 0 Å². The topological polar surface area (TPSA) is 109 Å². The minimum Gasteiger partial charge on any atom is -0.370 e. The number of hydrogen-bond acceptors (Lipinski definition) is 3. The Morgan fingerprint density at radius 3 is 2.48 bits per heavy atom. The number of nitrogens with one attached hydrogen (secondary N) is 3. The molecular weight excluding hydrogens is 342 g/mol. The van der Waals surface area contributed by atoms with Gasteiger partial charge in [-0.3, -0.25) is 9.59 Å². The molecule has 0 bridgehead atoms. The Bertz CT molecular complexity index is 790. The Balaban J connectivity index is 1.71. The zero-order valence-electron chi connectivity index (χ0n) is 15.4. The van der Waals surface area contributed by atoms with E-state index in [1.165, 1.54) is 0 Å². The van der Waals surface area contributed by atoms with Crippen LogP contribution in [-0.2, 0) is 17.9 Å². The summed E-state index contributed by atoms with van der Waals surface area (Å²) in [5, 5.41) is 8.36. The van der Waals surface area contributed by atoms with E-state index in [0.29, 0.717) is 31.6 Å². The highest BCUT2D eigenvalue weighted by Gasteiger charge is 2.04. The van der Waals surface area contributed by atoms with Crippen LogP contribution in [0.5, 0.6) is 0 Å². The molecule has 7 nitrogen and oxygen atoms in total. The maximum Gasteiger partial charge on any atom is 0.251 e. The fourth-order valence-corrected chi connectivity index (χ4v) is 2.38. The monoisotopic (exact) mass is 367 g/mol. The summed E-state index contributed by atoms with van der Waals surface area (Å²) in [6, 6.07) is 16.9. The second-order valence-electron chi connectivity index (χ2n) is 5.92. The van der Waals surface area contributed by atoms with Gasteiger partial charge in [-0.2, -0.15) is 0 Å². The van der Waals surface area contributed by atoms with Crippen molar-refractivity contribution in [1.29, 1.82) is 0 Å². The quantitative estimate of drug-likeness (QED) is 0.415. The van der Waals surface area contributed by atoms with Crippen molar-refractivity contribution in [2.75, 3.05) is 13.6 Å². The van der Waals surface area contributed by atoms with Gasteiger partial charge in [0.1, 0.15) is 0 Å². The Hall–Kier alpha value is -3.35. The minimum atomic E-state index is -0.145. The zero-order valence-corrected chi connectivity index (χ0v) is 15.4. The summed E-state index contributed by atoms with van der Waals surface area (Å²) in [6.45, 7) is 1.25. The first-order valence-electron chi connectivity index (χ1n) is 8.74. The lowest BCUT2D eigenvalue weighted by atomic mass is 10.1. The number of hydrogen-bond donors (Lipinski definition) is 4. The van der Waals surface area contributed by atoms with Crippen molar-refractivity contribution in [2.45, 2.75) is 19.5 Å². The SMILES string of the molecule is CNC(=O)c1cccc(CN=C(N)NCCC(=O)NCc2ccccc2)c1. The third-order valence-corrected chi connectivity index (χ3v) is 3.84. The Morgan fingerprint density at radius 1 is 1.00 bits per heavy atom. The van der Waals surface area contributed by atoms with E-state index in [1.807, 2.05) is 36.4 Å². The van der Waals surface area contributed by atoms with Crippen LogP contribution in [0.2, 0.25) is 0 Å². The molecule has 142 valence electrons. The predicted molar refractivity (Wildman–Crippen MR) is 106 cm³/mol. The number of carbonyl (C=O) groups excluding carboxylic acids is 2. The van der Waals surface area contributed by atoms with Crippen molar-refractivity contribution in [2.24, 2.45) is 10.7 Å². The van der Waals surface area contributed by atoms with Crippen LogP contribution in [0.15, 0.2) is 59.6 Å². The van der Waals surface area contributed by atoms with Crippen LogP contribution in [0, 0.1) is 0 Å². The van der Waals surface area contributed by atoms with Gasteiger partial charge in [0.15, 0.2) is 5.96 Å². The smallest absolute Gasteiger partial charge is 0.251 e. The molecule has 7 heteroatoms. The fourth-order valence-electron chi connectivity index (χ4n) is 2.38. The molecular formula is C20H25N5O2. The molecule has 0 fully saturated rings. The molecule has 5 N–H and O–H groups in total. The molecule has 0 aliphatic heterocycles. The highest BCUT2D eigenvalue weighted by molar-refractivity contribution is 5.94. The molecule has 2 amide bonds. The molecule has 0 heterocycles. The number of aliphatic imine (C=N–C) groups is 1. The Kier molecular flexibility index (Phi) is 7.84. The molecule has 0 spiro atoms. The van der Waals surface area contributed by atoms with E-state index in [9.17, 15) is 9.59 Å². The first kappa shape index (κ1) is 20.0. The van der Waals surface area contributed by atoms with Crippen LogP contribution in [0.3, 0.4) is 0 Å². The number of nitrogens with two attached hydrogens (primary N) is 1. The molecule has 0 aliphatic carbocycles. The van der Waals surface area contributed by atoms with Crippen molar-refractivity contribution in [3.05, 3.63) is 71.3 Å². The summed E-state index contributed by atoms with van der Waals surface area (Å²) >= 11 is 0. The normalized spacial score (nSPS) is 10.9. The number of guanidine groups is 1. The maximum atomic E-state index is 11.8. The lowest BCUT2D eigenvalue weighted by Gasteiger charge is -2.07. The minimum absolute atomic E-state index is 0.0579. The van der Waals surface area contributed by atoms with Gasteiger partial charge in [0.25, 0.3) is 5.91 Å². The number of nitrogens with zero attached hydrogens (tertiary/aromatic N) is 1. The van der Waals surface area contributed by atoms with Gasteiger partial charge >= 0.3 is 0 Å². The first-order chi connectivity index (χ1) is 13.1. The average Bonchev–Trinajstić information content (AvgIpc) is 2.71.